The molecule has 4 heterocycles. The van der Waals surface area contributed by atoms with Gasteiger partial charge in [0.25, 0.3) is 0 Å². The molecule has 0 radical (unpaired) electrons. The lowest BCUT2D eigenvalue weighted by Gasteiger charge is -2.09. The van der Waals surface area contributed by atoms with Gasteiger partial charge in [-0.15, -0.1) is 21.5 Å². The molecule has 4 aromatic heterocycles. The third kappa shape index (κ3) is 4.15. The molecule has 0 aromatic carbocycles. The highest BCUT2D eigenvalue weighted by Gasteiger charge is 2.19. The van der Waals surface area contributed by atoms with Crippen molar-refractivity contribution in [3.8, 4) is 11.6 Å². The Balaban J connectivity index is 1.45. The van der Waals surface area contributed by atoms with Gasteiger partial charge < -0.3 is 8.98 Å². The van der Waals surface area contributed by atoms with E-state index in [4.69, 9.17) is 4.42 Å². The van der Waals surface area contributed by atoms with Crippen LogP contribution in [-0.2, 0) is 19.5 Å². The van der Waals surface area contributed by atoms with Crippen LogP contribution in [0, 0.1) is 13.8 Å². The number of carbonyl (C=O) groups excluding carboxylic acids is 1. The van der Waals surface area contributed by atoms with Crippen LogP contribution in [0.15, 0.2) is 51.5 Å². The average molecular weight is 441 g/mol. The summed E-state index contributed by atoms with van der Waals surface area (Å²) in [4.78, 5) is 14.3. The molecule has 0 aliphatic carbocycles. The van der Waals surface area contributed by atoms with Crippen LogP contribution in [0.4, 0.5) is 0 Å². The fourth-order valence-corrected chi connectivity index (χ4v) is 5.16. The molecule has 30 heavy (non-hydrogen) atoms. The summed E-state index contributed by atoms with van der Waals surface area (Å²) in [7, 11) is 0. The van der Waals surface area contributed by atoms with Gasteiger partial charge in [0, 0.05) is 34.9 Å². The maximum absolute atomic E-state index is 13.0. The number of nitrogens with zero attached hydrogens (tertiary/aromatic N) is 4. The van der Waals surface area contributed by atoms with E-state index >= 15 is 0 Å². The summed E-state index contributed by atoms with van der Waals surface area (Å²) in [6.07, 6.45) is 2.60. The van der Waals surface area contributed by atoms with E-state index in [1.165, 1.54) is 16.6 Å². The molecule has 6 nitrogen and oxygen atoms in total. The summed E-state index contributed by atoms with van der Waals surface area (Å²) in [6, 6.07) is 9.93. The van der Waals surface area contributed by atoms with E-state index in [-0.39, 0.29) is 5.78 Å². The second-order valence-electron chi connectivity index (χ2n) is 7.01. The van der Waals surface area contributed by atoms with Crippen molar-refractivity contribution in [1.82, 2.24) is 19.3 Å². The van der Waals surface area contributed by atoms with Crippen molar-refractivity contribution in [3.05, 3.63) is 63.8 Å². The molecule has 0 atom stereocenters. The van der Waals surface area contributed by atoms with Crippen LogP contribution < -0.4 is 0 Å². The van der Waals surface area contributed by atoms with Gasteiger partial charge in [0.05, 0.1) is 12.0 Å². The maximum atomic E-state index is 13.0. The molecule has 0 saturated heterocycles. The number of rotatable bonds is 9. The molecule has 4 rings (SSSR count). The lowest BCUT2D eigenvalue weighted by atomic mass is 10.2. The first-order chi connectivity index (χ1) is 14.6. The van der Waals surface area contributed by atoms with Crippen LogP contribution in [0.3, 0.4) is 0 Å². The average Bonchev–Trinajstić information content (AvgIpc) is 3.52. The number of thioether (sulfide) groups is 1. The molecule has 0 unspecified atom stereocenters. The molecule has 156 valence electrons. The minimum atomic E-state index is 0.112. The molecular weight excluding hydrogens is 416 g/mol. The quantitative estimate of drug-likeness (QED) is 0.262. The van der Waals surface area contributed by atoms with Crippen LogP contribution in [0.25, 0.3) is 11.6 Å². The number of hydrogen-bond acceptors (Lipinski definition) is 6. The second-order valence-corrected chi connectivity index (χ2v) is 8.98. The van der Waals surface area contributed by atoms with E-state index in [0.717, 1.165) is 35.1 Å². The highest BCUT2D eigenvalue weighted by Crippen LogP contribution is 2.26. The SMILES string of the molecule is CCn1c(SCC(=O)c2cc(C)n(CCc3cccs3)c2C)nnc1-c1ccco1. The van der Waals surface area contributed by atoms with Crippen LogP contribution in [0.5, 0.6) is 0 Å². The third-order valence-corrected chi connectivity index (χ3v) is 7.05. The van der Waals surface area contributed by atoms with Gasteiger partial charge in [-0.25, -0.2) is 0 Å². The number of aromatic nitrogens is 4. The molecule has 0 amide bonds. The Morgan fingerprint density at radius 2 is 2.07 bits per heavy atom. The first-order valence-corrected chi connectivity index (χ1v) is 11.8. The lowest BCUT2D eigenvalue weighted by molar-refractivity contribution is 0.102. The summed E-state index contributed by atoms with van der Waals surface area (Å²) in [5.74, 6) is 1.80. The lowest BCUT2D eigenvalue weighted by Crippen LogP contribution is -2.08. The van der Waals surface area contributed by atoms with E-state index in [2.05, 4.69) is 39.2 Å². The zero-order chi connectivity index (χ0) is 21.1. The monoisotopic (exact) mass is 440 g/mol. The van der Waals surface area contributed by atoms with Gasteiger partial charge in [-0.3, -0.25) is 9.36 Å². The van der Waals surface area contributed by atoms with Crippen LogP contribution >= 0.6 is 23.1 Å². The molecule has 0 fully saturated rings. The van der Waals surface area contributed by atoms with Crippen molar-refractivity contribution in [2.24, 2.45) is 0 Å². The van der Waals surface area contributed by atoms with Crippen molar-refractivity contribution >= 4 is 28.9 Å². The summed E-state index contributed by atoms with van der Waals surface area (Å²) in [5.41, 5.74) is 2.94. The molecule has 4 aromatic rings. The zero-order valence-electron chi connectivity index (χ0n) is 17.3. The summed E-state index contributed by atoms with van der Waals surface area (Å²) in [6.45, 7) is 7.71. The Morgan fingerprint density at radius 3 is 2.77 bits per heavy atom. The first kappa shape index (κ1) is 20.7. The van der Waals surface area contributed by atoms with Crippen molar-refractivity contribution in [2.75, 3.05) is 5.75 Å². The van der Waals surface area contributed by atoms with Gasteiger partial charge in [-0.1, -0.05) is 17.8 Å². The maximum Gasteiger partial charge on any atom is 0.200 e. The molecule has 0 spiro atoms. The predicted molar refractivity (Wildman–Crippen MR) is 120 cm³/mol. The van der Waals surface area contributed by atoms with E-state index in [0.29, 0.717) is 23.9 Å². The van der Waals surface area contributed by atoms with Crippen LogP contribution in [0.2, 0.25) is 0 Å². The molecule has 8 heteroatoms. The minimum absolute atomic E-state index is 0.112. The molecule has 0 N–H and O–H groups in total. The predicted octanol–water partition coefficient (Wildman–Crippen LogP) is 5.26. The van der Waals surface area contributed by atoms with Crippen molar-refractivity contribution < 1.29 is 9.21 Å². The Labute approximate surface area is 183 Å². The van der Waals surface area contributed by atoms with Gasteiger partial charge in [-0.2, -0.15) is 0 Å². The molecule has 0 aliphatic heterocycles. The Kier molecular flexibility index (Phi) is 6.24. The van der Waals surface area contributed by atoms with E-state index in [9.17, 15) is 4.79 Å². The smallest absolute Gasteiger partial charge is 0.200 e. The fraction of sp³-hybridized carbons (Fsp3) is 0.318. The third-order valence-electron chi connectivity index (χ3n) is 5.14. The summed E-state index contributed by atoms with van der Waals surface area (Å²) < 4.78 is 9.66. The van der Waals surface area contributed by atoms with Crippen LogP contribution in [-0.4, -0.2) is 30.9 Å². The number of hydrogen-bond donors (Lipinski definition) is 0. The van der Waals surface area contributed by atoms with Gasteiger partial charge in [0.2, 0.25) is 0 Å². The highest BCUT2D eigenvalue weighted by atomic mass is 32.2. The second kappa shape index (κ2) is 9.06. The topological polar surface area (TPSA) is 65.8 Å². The number of carbonyl (C=O) groups is 1. The number of ketones is 1. The normalized spacial score (nSPS) is 11.3. The van der Waals surface area contributed by atoms with E-state index in [1.807, 2.05) is 36.6 Å². The number of furan rings is 1. The Morgan fingerprint density at radius 1 is 1.20 bits per heavy atom. The fourth-order valence-electron chi connectivity index (χ4n) is 3.58. The zero-order valence-corrected chi connectivity index (χ0v) is 18.9. The van der Waals surface area contributed by atoms with E-state index < -0.39 is 0 Å². The number of Topliss-reactive ketones (excluding diaryl/α,β-unsaturated/α-hetero) is 1. The van der Waals surface area contributed by atoms with Crippen molar-refractivity contribution in [1.29, 1.82) is 0 Å². The highest BCUT2D eigenvalue weighted by molar-refractivity contribution is 7.99. The number of thiophene rings is 1. The molecule has 0 aliphatic rings. The van der Waals surface area contributed by atoms with Gasteiger partial charge in [-0.05, 0) is 56.8 Å². The molecular formula is C22H24N4O2S2. The molecule has 0 saturated carbocycles. The number of aryl methyl sites for hydroxylation is 2. The summed E-state index contributed by atoms with van der Waals surface area (Å²) in [5, 5.41) is 11.3. The van der Waals surface area contributed by atoms with Gasteiger partial charge in [0.15, 0.2) is 22.5 Å². The van der Waals surface area contributed by atoms with E-state index in [1.54, 1.807) is 17.6 Å². The first-order valence-electron chi connectivity index (χ1n) is 9.90. The van der Waals surface area contributed by atoms with Gasteiger partial charge in [0.1, 0.15) is 0 Å². The van der Waals surface area contributed by atoms with Crippen LogP contribution in [0.1, 0.15) is 33.5 Å². The van der Waals surface area contributed by atoms with Crippen molar-refractivity contribution in [2.45, 2.75) is 45.4 Å². The van der Waals surface area contributed by atoms with Crippen molar-refractivity contribution in [3.63, 3.8) is 0 Å². The Bertz CT molecular complexity index is 1120. The molecule has 0 bridgehead atoms. The standard InChI is InChI=1S/C22H24N4O2S2/c1-4-25-21(20-8-5-11-28-20)23-24-22(25)30-14-19(27)18-13-15(2)26(16(18)3)10-9-17-7-6-12-29-17/h5-8,11-13H,4,9-10,14H2,1-3H3. The largest absolute Gasteiger partial charge is 0.461 e. The Hall–Kier alpha value is -2.58. The van der Waals surface area contributed by atoms with Gasteiger partial charge >= 0.3 is 0 Å². The minimum Gasteiger partial charge on any atom is -0.461 e. The summed E-state index contributed by atoms with van der Waals surface area (Å²) >= 11 is 3.19.